The standard InChI is InChI=1S/C16H12N2O4S2/c19-17(20)15-5-1-13(2-6-15)9-11-23-24-12-10-14-3-7-16(8-4-14)18(21)22/h1-12H/b11-9+,12-10+. The van der Waals surface area contributed by atoms with Gasteiger partial charge in [0.2, 0.25) is 0 Å². The van der Waals surface area contributed by atoms with E-state index in [1.807, 2.05) is 23.0 Å². The van der Waals surface area contributed by atoms with Gasteiger partial charge in [-0.15, -0.1) is 0 Å². The summed E-state index contributed by atoms with van der Waals surface area (Å²) in [4.78, 5) is 20.2. The normalized spacial score (nSPS) is 11.2. The zero-order valence-electron chi connectivity index (χ0n) is 12.3. The molecule has 0 saturated heterocycles. The predicted octanol–water partition coefficient (Wildman–Crippen LogP) is 5.53. The number of nitro benzene ring substituents is 2. The fraction of sp³-hybridized carbons (Fsp3) is 0. The zero-order chi connectivity index (χ0) is 17.4. The molecule has 0 aliphatic rings. The summed E-state index contributed by atoms with van der Waals surface area (Å²) in [6.45, 7) is 0. The van der Waals surface area contributed by atoms with Crippen LogP contribution < -0.4 is 0 Å². The molecule has 2 aromatic carbocycles. The molecule has 0 fully saturated rings. The van der Waals surface area contributed by atoms with Gasteiger partial charge in [0.15, 0.2) is 0 Å². The van der Waals surface area contributed by atoms with Crippen LogP contribution in [0.4, 0.5) is 11.4 Å². The Labute approximate surface area is 146 Å². The largest absolute Gasteiger partial charge is 0.269 e. The lowest BCUT2D eigenvalue weighted by molar-refractivity contribution is -0.385. The Kier molecular flexibility index (Phi) is 6.59. The van der Waals surface area contributed by atoms with Gasteiger partial charge in [-0.05, 0) is 58.4 Å². The average molecular weight is 360 g/mol. The van der Waals surface area contributed by atoms with Crippen LogP contribution in [0, 0.1) is 20.2 Å². The molecule has 0 aliphatic heterocycles. The molecular weight excluding hydrogens is 348 g/mol. The Morgan fingerprint density at radius 3 is 1.29 bits per heavy atom. The average Bonchev–Trinajstić information content (AvgIpc) is 2.58. The molecule has 0 saturated carbocycles. The number of hydrogen-bond acceptors (Lipinski definition) is 6. The second kappa shape index (κ2) is 8.90. The summed E-state index contributed by atoms with van der Waals surface area (Å²) >= 11 is 0. The van der Waals surface area contributed by atoms with Crippen molar-refractivity contribution in [1.82, 2.24) is 0 Å². The first kappa shape index (κ1) is 17.8. The smallest absolute Gasteiger partial charge is 0.258 e. The highest BCUT2D eigenvalue weighted by Crippen LogP contribution is 2.26. The highest BCUT2D eigenvalue weighted by Gasteiger charge is 2.02. The lowest BCUT2D eigenvalue weighted by atomic mass is 10.2. The van der Waals surface area contributed by atoms with E-state index >= 15 is 0 Å². The van der Waals surface area contributed by atoms with Gasteiger partial charge in [-0.3, -0.25) is 20.2 Å². The van der Waals surface area contributed by atoms with E-state index in [-0.39, 0.29) is 11.4 Å². The number of benzene rings is 2. The van der Waals surface area contributed by atoms with E-state index in [0.29, 0.717) is 0 Å². The van der Waals surface area contributed by atoms with E-state index in [9.17, 15) is 20.2 Å². The third-order valence-electron chi connectivity index (χ3n) is 2.90. The summed E-state index contributed by atoms with van der Waals surface area (Å²) in [6.07, 6.45) is 3.72. The zero-order valence-corrected chi connectivity index (χ0v) is 13.9. The summed E-state index contributed by atoms with van der Waals surface area (Å²) < 4.78 is 0. The van der Waals surface area contributed by atoms with Crippen LogP contribution >= 0.6 is 21.6 Å². The van der Waals surface area contributed by atoms with Crippen LogP contribution in [0.3, 0.4) is 0 Å². The van der Waals surface area contributed by atoms with E-state index in [4.69, 9.17) is 0 Å². The number of nitro groups is 2. The molecule has 0 aliphatic carbocycles. The Balaban J connectivity index is 1.79. The SMILES string of the molecule is O=[N+]([O-])c1ccc(/C=C/SS/C=C/c2ccc([N+](=O)[O-])cc2)cc1. The maximum Gasteiger partial charge on any atom is 0.269 e. The molecule has 0 heterocycles. The summed E-state index contributed by atoms with van der Waals surface area (Å²) in [7, 11) is 2.99. The maximum atomic E-state index is 10.6. The van der Waals surface area contributed by atoms with Gasteiger partial charge in [0.1, 0.15) is 0 Å². The summed E-state index contributed by atoms with van der Waals surface area (Å²) in [5.74, 6) is 0. The molecule has 0 bridgehead atoms. The lowest BCUT2D eigenvalue weighted by Gasteiger charge is -1.94. The van der Waals surface area contributed by atoms with Gasteiger partial charge in [-0.1, -0.05) is 21.6 Å². The fourth-order valence-corrected chi connectivity index (χ4v) is 2.96. The van der Waals surface area contributed by atoms with Crippen molar-refractivity contribution in [2.24, 2.45) is 0 Å². The first-order valence-electron chi connectivity index (χ1n) is 6.70. The Morgan fingerprint density at radius 2 is 1.00 bits per heavy atom. The van der Waals surface area contributed by atoms with Crippen LogP contribution in [0.1, 0.15) is 11.1 Å². The van der Waals surface area contributed by atoms with E-state index < -0.39 is 9.85 Å². The Hall–Kier alpha value is -2.58. The minimum absolute atomic E-state index is 0.0696. The monoisotopic (exact) mass is 360 g/mol. The molecule has 0 spiro atoms. The number of hydrogen-bond donors (Lipinski definition) is 0. The maximum absolute atomic E-state index is 10.6. The van der Waals surface area contributed by atoms with Crippen LogP contribution in [0.15, 0.2) is 59.3 Å². The molecule has 0 aromatic heterocycles. The molecule has 8 heteroatoms. The summed E-state index contributed by atoms with van der Waals surface area (Å²) in [6, 6.07) is 12.6. The van der Waals surface area contributed by atoms with Crippen molar-refractivity contribution in [3.05, 3.63) is 90.7 Å². The van der Waals surface area contributed by atoms with E-state index in [0.717, 1.165) is 11.1 Å². The van der Waals surface area contributed by atoms with Gasteiger partial charge in [-0.2, -0.15) is 0 Å². The van der Waals surface area contributed by atoms with Crippen LogP contribution in [0.25, 0.3) is 12.2 Å². The molecule has 2 aromatic rings. The molecule has 0 N–H and O–H groups in total. The van der Waals surface area contributed by atoms with Crippen molar-refractivity contribution >= 4 is 45.1 Å². The molecule has 0 radical (unpaired) electrons. The molecule has 6 nitrogen and oxygen atoms in total. The molecule has 0 atom stereocenters. The minimum atomic E-state index is -0.429. The van der Waals surface area contributed by atoms with E-state index in [1.165, 1.54) is 45.9 Å². The molecule has 0 unspecified atom stereocenters. The van der Waals surface area contributed by atoms with Gasteiger partial charge in [0.25, 0.3) is 11.4 Å². The van der Waals surface area contributed by atoms with Crippen molar-refractivity contribution in [3.8, 4) is 0 Å². The minimum Gasteiger partial charge on any atom is -0.258 e. The van der Waals surface area contributed by atoms with E-state index in [2.05, 4.69) is 0 Å². The molecule has 24 heavy (non-hydrogen) atoms. The number of nitrogens with zero attached hydrogens (tertiary/aromatic N) is 2. The first-order chi connectivity index (χ1) is 11.6. The third kappa shape index (κ3) is 5.56. The Morgan fingerprint density at radius 1 is 0.667 bits per heavy atom. The third-order valence-corrected chi connectivity index (χ3v) is 4.50. The number of non-ortho nitro benzene ring substituents is 2. The molecular formula is C16H12N2O4S2. The van der Waals surface area contributed by atoms with Gasteiger partial charge in [-0.25, -0.2) is 0 Å². The molecule has 0 amide bonds. The van der Waals surface area contributed by atoms with Crippen molar-refractivity contribution < 1.29 is 9.85 Å². The van der Waals surface area contributed by atoms with Crippen LogP contribution in [-0.2, 0) is 0 Å². The van der Waals surface area contributed by atoms with Gasteiger partial charge in [0, 0.05) is 24.3 Å². The van der Waals surface area contributed by atoms with Crippen LogP contribution in [0.2, 0.25) is 0 Å². The molecule has 2 rings (SSSR count). The van der Waals surface area contributed by atoms with Gasteiger partial charge >= 0.3 is 0 Å². The first-order valence-corrected chi connectivity index (χ1v) is 8.98. The van der Waals surface area contributed by atoms with Crippen LogP contribution in [0.5, 0.6) is 0 Å². The van der Waals surface area contributed by atoms with E-state index in [1.54, 1.807) is 24.3 Å². The lowest BCUT2D eigenvalue weighted by Crippen LogP contribution is -1.86. The highest BCUT2D eigenvalue weighted by atomic mass is 33.1. The quantitative estimate of drug-likeness (QED) is 0.279. The van der Waals surface area contributed by atoms with Crippen molar-refractivity contribution in [2.45, 2.75) is 0 Å². The van der Waals surface area contributed by atoms with Crippen molar-refractivity contribution in [1.29, 1.82) is 0 Å². The van der Waals surface area contributed by atoms with Crippen LogP contribution in [-0.4, -0.2) is 9.85 Å². The van der Waals surface area contributed by atoms with Gasteiger partial charge in [0.05, 0.1) is 9.85 Å². The fourth-order valence-electron chi connectivity index (χ4n) is 1.69. The summed E-state index contributed by atoms with van der Waals surface area (Å²) in [5.41, 5.74) is 1.90. The molecule has 122 valence electrons. The Bertz CT molecular complexity index is 704. The summed E-state index contributed by atoms with van der Waals surface area (Å²) in [5, 5.41) is 24.9. The van der Waals surface area contributed by atoms with Crippen molar-refractivity contribution in [2.75, 3.05) is 0 Å². The second-order valence-electron chi connectivity index (χ2n) is 4.50. The highest BCUT2D eigenvalue weighted by molar-refractivity contribution is 8.79. The van der Waals surface area contributed by atoms with Gasteiger partial charge < -0.3 is 0 Å². The number of rotatable bonds is 7. The van der Waals surface area contributed by atoms with Crippen molar-refractivity contribution in [3.63, 3.8) is 0 Å². The second-order valence-corrected chi connectivity index (χ2v) is 6.58. The predicted molar refractivity (Wildman–Crippen MR) is 99.4 cm³/mol. The topological polar surface area (TPSA) is 86.3 Å².